The minimum absolute atomic E-state index is 0.0250. The molecule has 6 nitrogen and oxygen atoms in total. The Balaban J connectivity index is 1.67. The van der Waals surface area contributed by atoms with E-state index in [2.05, 4.69) is 45.2 Å². The van der Waals surface area contributed by atoms with Crippen molar-refractivity contribution in [2.75, 3.05) is 20.1 Å². The molecule has 2 aromatic rings. The molecule has 1 aromatic carbocycles. The minimum Gasteiger partial charge on any atom is -0.488 e. The van der Waals surface area contributed by atoms with Gasteiger partial charge in [0.25, 0.3) is 0 Å². The molecule has 0 spiro atoms. The van der Waals surface area contributed by atoms with Gasteiger partial charge in [-0.05, 0) is 50.0 Å². The number of nitrogens with zero attached hydrogens (tertiary/aromatic N) is 3. The largest absolute Gasteiger partial charge is 0.488 e. The Bertz CT molecular complexity index is 1040. The van der Waals surface area contributed by atoms with Crippen molar-refractivity contribution in [3.8, 4) is 23.7 Å². The van der Waals surface area contributed by atoms with E-state index in [9.17, 15) is 10.1 Å². The van der Waals surface area contributed by atoms with Crippen molar-refractivity contribution in [3.63, 3.8) is 0 Å². The van der Waals surface area contributed by atoms with Gasteiger partial charge in [-0.15, -0.1) is 0 Å². The zero-order valence-electron chi connectivity index (χ0n) is 17.8. The summed E-state index contributed by atoms with van der Waals surface area (Å²) in [4.78, 5) is 18.2. The molecular formula is C24H26N4O2. The van der Waals surface area contributed by atoms with Crippen LogP contribution in [0.25, 0.3) is 0 Å². The highest BCUT2D eigenvalue weighted by Gasteiger charge is 2.31. The summed E-state index contributed by atoms with van der Waals surface area (Å²) in [5, 5.41) is 12.0. The summed E-state index contributed by atoms with van der Waals surface area (Å²) >= 11 is 0. The number of carbonyl (C=O) groups excluding carboxylic acids is 1. The molecule has 0 radical (unpaired) electrons. The molecule has 2 heterocycles. The third-order valence-corrected chi connectivity index (χ3v) is 4.95. The van der Waals surface area contributed by atoms with Crippen LogP contribution in [0.2, 0.25) is 0 Å². The topological polar surface area (TPSA) is 78.2 Å². The molecular weight excluding hydrogens is 376 g/mol. The van der Waals surface area contributed by atoms with Crippen LogP contribution in [-0.2, 0) is 11.3 Å². The average Bonchev–Trinajstić information content (AvgIpc) is 2.69. The van der Waals surface area contributed by atoms with Crippen LogP contribution in [0.15, 0.2) is 30.5 Å². The lowest BCUT2D eigenvalue weighted by Crippen LogP contribution is -2.52. The van der Waals surface area contributed by atoms with Crippen LogP contribution in [0.5, 0.6) is 5.75 Å². The van der Waals surface area contributed by atoms with Gasteiger partial charge in [0.2, 0.25) is 5.91 Å². The molecule has 0 aliphatic carbocycles. The fourth-order valence-corrected chi connectivity index (χ4v) is 3.37. The van der Waals surface area contributed by atoms with E-state index in [1.165, 1.54) is 5.56 Å². The molecule has 1 amide bonds. The Morgan fingerprint density at radius 2 is 2.07 bits per heavy atom. The van der Waals surface area contributed by atoms with E-state index in [4.69, 9.17) is 4.74 Å². The van der Waals surface area contributed by atoms with Crippen molar-refractivity contribution >= 4 is 5.91 Å². The predicted octanol–water partition coefficient (Wildman–Crippen LogP) is 2.63. The van der Waals surface area contributed by atoms with Crippen molar-refractivity contribution in [2.24, 2.45) is 5.92 Å². The highest BCUT2D eigenvalue weighted by molar-refractivity contribution is 5.79. The van der Waals surface area contributed by atoms with Gasteiger partial charge in [0.05, 0.1) is 23.8 Å². The molecule has 0 saturated carbocycles. The lowest BCUT2D eigenvalue weighted by molar-refractivity contribution is -0.129. The number of nitriles is 1. The smallest absolute Gasteiger partial charge is 0.225 e. The first-order valence-corrected chi connectivity index (χ1v) is 10.0. The van der Waals surface area contributed by atoms with Crippen molar-refractivity contribution < 1.29 is 9.53 Å². The number of carbonyl (C=O) groups is 1. The SMILES string of the molecule is CNC(=O)C1CN(Cc2ccc(C#Cc3cc(C#N)c(OC(C)C)cn3)c(C)c2)C1. The number of aromatic nitrogens is 1. The van der Waals surface area contributed by atoms with Crippen LogP contribution < -0.4 is 10.1 Å². The van der Waals surface area contributed by atoms with Crippen molar-refractivity contribution in [2.45, 2.75) is 33.4 Å². The lowest BCUT2D eigenvalue weighted by Gasteiger charge is -2.38. The molecule has 1 aromatic heterocycles. The zero-order valence-corrected chi connectivity index (χ0v) is 17.8. The van der Waals surface area contributed by atoms with Crippen LogP contribution in [0.1, 0.15) is 41.8 Å². The van der Waals surface area contributed by atoms with Gasteiger partial charge in [-0.2, -0.15) is 5.26 Å². The van der Waals surface area contributed by atoms with Crippen molar-refractivity contribution in [1.29, 1.82) is 5.26 Å². The number of rotatable bonds is 5. The first-order chi connectivity index (χ1) is 14.4. The maximum absolute atomic E-state index is 11.6. The van der Waals surface area contributed by atoms with Gasteiger partial charge in [-0.25, -0.2) is 4.98 Å². The second kappa shape index (κ2) is 9.43. The Kier molecular flexibility index (Phi) is 6.72. The van der Waals surface area contributed by atoms with E-state index >= 15 is 0 Å². The normalized spacial score (nSPS) is 13.7. The molecule has 1 aliphatic heterocycles. The summed E-state index contributed by atoms with van der Waals surface area (Å²) in [5.41, 5.74) is 4.18. The Labute approximate surface area is 177 Å². The summed E-state index contributed by atoms with van der Waals surface area (Å²) in [6, 6.07) is 10.00. The fourth-order valence-electron chi connectivity index (χ4n) is 3.37. The van der Waals surface area contributed by atoms with Crippen LogP contribution in [0.3, 0.4) is 0 Å². The summed E-state index contributed by atoms with van der Waals surface area (Å²) in [7, 11) is 1.68. The van der Waals surface area contributed by atoms with Gasteiger partial charge >= 0.3 is 0 Å². The summed E-state index contributed by atoms with van der Waals surface area (Å²) < 4.78 is 5.60. The first kappa shape index (κ1) is 21.4. The number of nitrogens with one attached hydrogen (secondary N) is 1. The fraction of sp³-hybridized carbons (Fsp3) is 0.375. The van der Waals surface area contributed by atoms with Crippen molar-refractivity contribution in [3.05, 3.63) is 58.4 Å². The van der Waals surface area contributed by atoms with Crippen LogP contribution >= 0.6 is 0 Å². The highest BCUT2D eigenvalue weighted by Crippen LogP contribution is 2.21. The molecule has 154 valence electrons. The van der Waals surface area contributed by atoms with Gasteiger partial charge < -0.3 is 10.1 Å². The van der Waals surface area contributed by atoms with Gasteiger partial charge in [-0.3, -0.25) is 9.69 Å². The number of amides is 1. The number of ether oxygens (including phenoxy) is 1. The number of benzene rings is 1. The quantitative estimate of drug-likeness (QED) is 0.778. The number of likely N-dealkylation sites (tertiary alicyclic amines) is 1. The van der Waals surface area contributed by atoms with Gasteiger partial charge in [-0.1, -0.05) is 18.1 Å². The maximum atomic E-state index is 11.6. The predicted molar refractivity (Wildman–Crippen MR) is 115 cm³/mol. The van der Waals surface area contributed by atoms with E-state index < -0.39 is 0 Å². The van der Waals surface area contributed by atoms with Crippen LogP contribution in [0.4, 0.5) is 0 Å². The molecule has 1 fully saturated rings. The third kappa shape index (κ3) is 5.17. The number of pyridine rings is 1. The molecule has 3 rings (SSSR count). The number of hydrogen-bond donors (Lipinski definition) is 1. The molecule has 30 heavy (non-hydrogen) atoms. The van der Waals surface area contributed by atoms with E-state index in [-0.39, 0.29) is 17.9 Å². The molecule has 0 bridgehead atoms. The Hall–Kier alpha value is -3.35. The molecule has 0 unspecified atom stereocenters. The Morgan fingerprint density at radius 3 is 2.70 bits per heavy atom. The molecule has 6 heteroatoms. The second-order valence-electron chi connectivity index (χ2n) is 7.75. The lowest BCUT2D eigenvalue weighted by atomic mass is 9.97. The van der Waals surface area contributed by atoms with Gasteiger partial charge in [0.1, 0.15) is 11.8 Å². The van der Waals surface area contributed by atoms with E-state index in [0.29, 0.717) is 17.0 Å². The van der Waals surface area contributed by atoms with Gasteiger partial charge in [0.15, 0.2) is 5.75 Å². The maximum Gasteiger partial charge on any atom is 0.225 e. The van der Waals surface area contributed by atoms with Crippen molar-refractivity contribution in [1.82, 2.24) is 15.2 Å². The minimum atomic E-state index is -0.0250. The Morgan fingerprint density at radius 1 is 1.30 bits per heavy atom. The summed E-state index contributed by atoms with van der Waals surface area (Å²) in [6.07, 6.45) is 1.53. The molecule has 1 saturated heterocycles. The molecule has 0 atom stereocenters. The molecule has 1 aliphatic rings. The standard InChI is InChI=1S/C24H26N4O2/c1-16(2)30-23-12-27-22(10-20(23)11-25)8-7-19-6-5-18(9-17(19)3)13-28-14-21(15-28)24(29)26-4/h5-6,9-10,12,16,21H,13-15H2,1-4H3,(H,26,29). The average molecular weight is 402 g/mol. The zero-order chi connectivity index (χ0) is 21.7. The summed E-state index contributed by atoms with van der Waals surface area (Å²) in [6.45, 7) is 8.26. The highest BCUT2D eigenvalue weighted by atomic mass is 16.5. The number of hydrogen-bond acceptors (Lipinski definition) is 5. The third-order valence-electron chi connectivity index (χ3n) is 4.95. The van der Waals surface area contributed by atoms with Gasteiger partial charge in [0, 0.05) is 32.2 Å². The van der Waals surface area contributed by atoms with E-state index in [0.717, 1.165) is 30.8 Å². The van der Waals surface area contributed by atoms with Crippen LogP contribution in [-0.4, -0.2) is 42.0 Å². The van der Waals surface area contributed by atoms with E-state index in [1.807, 2.05) is 26.8 Å². The molecule has 1 N–H and O–H groups in total. The van der Waals surface area contributed by atoms with E-state index in [1.54, 1.807) is 19.3 Å². The van der Waals surface area contributed by atoms with Crippen LogP contribution in [0, 0.1) is 36.0 Å². The first-order valence-electron chi connectivity index (χ1n) is 10.0. The monoisotopic (exact) mass is 402 g/mol. The summed E-state index contributed by atoms with van der Waals surface area (Å²) in [5.74, 6) is 6.88. The second-order valence-corrected chi connectivity index (χ2v) is 7.75. The number of aryl methyl sites for hydroxylation is 1.